The van der Waals surface area contributed by atoms with Gasteiger partial charge in [-0.1, -0.05) is 13.8 Å². The topological polar surface area (TPSA) is 97.9 Å². The number of hydrogen-bond acceptors (Lipinski definition) is 6. The third kappa shape index (κ3) is 3.84. The van der Waals surface area contributed by atoms with Crippen LogP contribution in [0, 0.1) is 17.2 Å². The predicted molar refractivity (Wildman–Crippen MR) is 111 cm³/mol. The van der Waals surface area contributed by atoms with Gasteiger partial charge < -0.3 is 9.32 Å². The molecule has 1 saturated heterocycles. The maximum atomic E-state index is 13.0. The molecule has 4 rings (SSSR count). The molecule has 8 nitrogen and oxygen atoms in total. The molecule has 31 heavy (non-hydrogen) atoms. The van der Waals surface area contributed by atoms with Crippen LogP contribution >= 0.6 is 0 Å². The van der Waals surface area contributed by atoms with E-state index < -0.39 is 5.91 Å². The van der Waals surface area contributed by atoms with E-state index in [1.807, 2.05) is 13.8 Å². The normalized spacial score (nSPS) is 17.7. The fourth-order valence-corrected chi connectivity index (χ4v) is 4.16. The number of fused-ring (bicyclic) bond motifs is 1. The zero-order chi connectivity index (χ0) is 22.1. The third-order valence-electron chi connectivity index (χ3n) is 5.87. The van der Waals surface area contributed by atoms with Crippen LogP contribution in [0.3, 0.4) is 0 Å². The van der Waals surface area contributed by atoms with Gasteiger partial charge in [0.1, 0.15) is 11.8 Å². The quantitative estimate of drug-likeness (QED) is 0.689. The van der Waals surface area contributed by atoms with Crippen LogP contribution in [0.4, 0.5) is 0 Å². The lowest BCUT2D eigenvalue weighted by Gasteiger charge is -2.38. The highest BCUT2D eigenvalue weighted by Crippen LogP contribution is 2.26. The number of benzene rings is 1. The summed E-state index contributed by atoms with van der Waals surface area (Å²) >= 11 is 0. The molecule has 0 spiro atoms. The molecular formula is C23H24N4O4. The summed E-state index contributed by atoms with van der Waals surface area (Å²) in [6.07, 6.45) is 1.49. The van der Waals surface area contributed by atoms with Crippen LogP contribution in [0.15, 0.2) is 41.0 Å². The Morgan fingerprint density at radius 3 is 2.42 bits per heavy atom. The molecule has 2 aliphatic heterocycles. The van der Waals surface area contributed by atoms with Gasteiger partial charge in [-0.3, -0.25) is 24.2 Å². The van der Waals surface area contributed by atoms with Crippen molar-refractivity contribution in [2.24, 2.45) is 5.92 Å². The molecule has 1 aromatic heterocycles. The number of imide groups is 1. The van der Waals surface area contributed by atoms with Gasteiger partial charge in [0.2, 0.25) is 0 Å². The minimum atomic E-state index is -0.426. The van der Waals surface area contributed by atoms with Crippen molar-refractivity contribution in [2.45, 2.75) is 26.4 Å². The van der Waals surface area contributed by atoms with E-state index in [1.54, 1.807) is 29.2 Å². The number of hydrogen-bond donors (Lipinski definition) is 0. The Balaban J connectivity index is 1.46. The van der Waals surface area contributed by atoms with Crippen molar-refractivity contribution >= 4 is 17.7 Å². The maximum absolute atomic E-state index is 13.0. The molecule has 160 valence electrons. The Kier molecular flexibility index (Phi) is 5.61. The van der Waals surface area contributed by atoms with E-state index in [0.29, 0.717) is 43.1 Å². The molecule has 3 amide bonds. The summed E-state index contributed by atoms with van der Waals surface area (Å²) in [5.41, 5.74) is 0.922. The van der Waals surface area contributed by atoms with E-state index >= 15 is 0 Å². The fourth-order valence-electron chi connectivity index (χ4n) is 4.16. The van der Waals surface area contributed by atoms with E-state index in [-0.39, 0.29) is 35.9 Å². The molecule has 2 aliphatic rings. The molecule has 2 aromatic rings. The van der Waals surface area contributed by atoms with Gasteiger partial charge in [0.25, 0.3) is 17.7 Å². The number of carbonyl (C=O) groups excluding carboxylic acids is 3. The van der Waals surface area contributed by atoms with Crippen molar-refractivity contribution in [3.8, 4) is 6.07 Å². The summed E-state index contributed by atoms with van der Waals surface area (Å²) in [7, 11) is 0. The van der Waals surface area contributed by atoms with E-state index in [1.165, 1.54) is 12.3 Å². The maximum Gasteiger partial charge on any atom is 0.261 e. The molecule has 1 aromatic carbocycles. The Bertz CT molecular complexity index is 1050. The largest absolute Gasteiger partial charge is 0.467 e. The van der Waals surface area contributed by atoms with Crippen molar-refractivity contribution < 1.29 is 18.8 Å². The van der Waals surface area contributed by atoms with Crippen LogP contribution in [0.1, 0.15) is 50.7 Å². The first kappa shape index (κ1) is 20.8. The Morgan fingerprint density at radius 1 is 1.10 bits per heavy atom. The Morgan fingerprint density at radius 2 is 1.81 bits per heavy atom. The standard InChI is InChI=1S/C23H24N4O4/c1-15(2)20(13-24)25-7-9-26(10-8-25)21(28)16-5-6-18-19(12-16)23(30)27(22(18)29)14-17-4-3-11-31-17/h3-6,11-12,15,20H,7-10,14H2,1-2H3. The Hall–Kier alpha value is -3.44. The highest BCUT2D eigenvalue weighted by Gasteiger charge is 2.37. The van der Waals surface area contributed by atoms with Crippen LogP contribution in [0.5, 0.6) is 0 Å². The molecule has 1 unspecified atom stereocenters. The SMILES string of the molecule is CC(C)C(C#N)N1CCN(C(=O)c2ccc3c(c2)C(=O)N(Cc2ccco2)C3=O)CC1. The predicted octanol–water partition coefficient (Wildman–Crippen LogP) is 2.38. The lowest BCUT2D eigenvalue weighted by Crippen LogP contribution is -2.52. The highest BCUT2D eigenvalue weighted by atomic mass is 16.3. The molecular weight excluding hydrogens is 396 g/mol. The van der Waals surface area contributed by atoms with Gasteiger partial charge in [0, 0.05) is 31.7 Å². The van der Waals surface area contributed by atoms with E-state index in [0.717, 1.165) is 4.90 Å². The smallest absolute Gasteiger partial charge is 0.261 e. The third-order valence-corrected chi connectivity index (χ3v) is 5.87. The Labute approximate surface area is 180 Å². The van der Waals surface area contributed by atoms with Crippen LogP contribution in [-0.2, 0) is 6.54 Å². The first-order valence-electron chi connectivity index (χ1n) is 10.4. The number of nitriles is 1. The van der Waals surface area contributed by atoms with E-state index in [2.05, 4.69) is 11.0 Å². The number of carbonyl (C=O) groups is 3. The van der Waals surface area contributed by atoms with Crippen molar-refractivity contribution in [1.82, 2.24) is 14.7 Å². The summed E-state index contributed by atoms with van der Waals surface area (Å²) in [5.74, 6) is -0.257. The van der Waals surface area contributed by atoms with Gasteiger partial charge in [-0.25, -0.2) is 0 Å². The summed E-state index contributed by atoms with van der Waals surface area (Å²) in [6, 6.07) is 10.2. The molecule has 1 atom stereocenters. The van der Waals surface area contributed by atoms with Crippen molar-refractivity contribution in [1.29, 1.82) is 5.26 Å². The van der Waals surface area contributed by atoms with Gasteiger partial charge in [0.05, 0.1) is 30.0 Å². The van der Waals surface area contributed by atoms with E-state index in [4.69, 9.17) is 4.42 Å². The first-order valence-corrected chi connectivity index (χ1v) is 10.4. The minimum absolute atomic E-state index is 0.0560. The molecule has 1 fully saturated rings. The monoisotopic (exact) mass is 420 g/mol. The number of amides is 3. The second kappa shape index (κ2) is 8.36. The number of furan rings is 1. The summed E-state index contributed by atoms with van der Waals surface area (Å²) in [5, 5.41) is 9.40. The molecule has 3 heterocycles. The van der Waals surface area contributed by atoms with Gasteiger partial charge in [-0.05, 0) is 36.2 Å². The van der Waals surface area contributed by atoms with Gasteiger partial charge in [-0.15, -0.1) is 0 Å². The number of piperazine rings is 1. The minimum Gasteiger partial charge on any atom is -0.467 e. The van der Waals surface area contributed by atoms with Crippen molar-refractivity contribution in [2.75, 3.05) is 26.2 Å². The summed E-state index contributed by atoms with van der Waals surface area (Å²) < 4.78 is 5.25. The lowest BCUT2D eigenvalue weighted by molar-refractivity contribution is 0.0576. The molecule has 0 saturated carbocycles. The summed E-state index contributed by atoms with van der Waals surface area (Å²) in [4.78, 5) is 43.4. The first-order chi connectivity index (χ1) is 14.9. The van der Waals surface area contributed by atoms with Crippen LogP contribution in [0.2, 0.25) is 0 Å². The fraction of sp³-hybridized carbons (Fsp3) is 0.391. The average Bonchev–Trinajstić information content (AvgIpc) is 3.37. The second-order valence-electron chi connectivity index (χ2n) is 8.18. The lowest BCUT2D eigenvalue weighted by atomic mass is 10.0. The highest BCUT2D eigenvalue weighted by molar-refractivity contribution is 6.22. The van der Waals surface area contributed by atoms with Gasteiger partial charge in [-0.2, -0.15) is 5.26 Å². The summed E-state index contributed by atoms with van der Waals surface area (Å²) in [6.45, 7) is 6.37. The van der Waals surface area contributed by atoms with Crippen molar-refractivity contribution in [3.05, 3.63) is 59.0 Å². The average molecular weight is 420 g/mol. The molecule has 0 radical (unpaired) electrons. The number of nitrogens with zero attached hydrogens (tertiary/aromatic N) is 4. The van der Waals surface area contributed by atoms with Gasteiger partial charge in [0.15, 0.2) is 0 Å². The van der Waals surface area contributed by atoms with Gasteiger partial charge >= 0.3 is 0 Å². The number of rotatable bonds is 5. The zero-order valence-electron chi connectivity index (χ0n) is 17.6. The van der Waals surface area contributed by atoms with Crippen LogP contribution in [0.25, 0.3) is 0 Å². The second-order valence-corrected chi connectivity index (χ2v) is 8.18. The van der Waals surface area contributed by atoms with Crippen LogP contribution in [-0.4, -0.2) is 64.6 Å². The zero-order valence-corrected chi connectivity index (χ0v) is 17.6. The molecule has 8 heteroatoms. The van der Waals surface area contributed by atoms with Crippen LogP contribution < -0.4 is 0 Å². The molecule has 0 aliphatic carbocycles. The van der Waals surface area contributed by atoms with Crippen molar-refractivity contribution in [3.63, 3.8) is 0 Å². The van der Waals surface area contributed by atoms with E-state index in [9.17, 15) is 19.6 Å². The molecule has 0 N–H and O–H groups in total. The molecule has 0 bridgehead atoms.